The van der Waals surface area contributed by atoms with Crippen LogP contribution in [0.5, 0.6) is 0 Å². The van der Waals surface area contributed by atoms with Gasteiger partial charge in [0.15, 0.2) is 0 Å². The van der Waals surface area contributed by atoms with Crippen molar-refractivity contribution in [1.82, 2.24) is 0 Å². The molecule has 0 aromatic heterocycles. The van der Waals surface area contributed by atoms with E-state index in [0.717, 1.165) is 0 Å². The Morgan fingerprint density at radius 3 is 1.83 bits per heavy atom. The van der Waals surface area contributed by atoms with Gasteiger partial charge >= 0.3 is 0 Å². The van der Waals surface area contributed by atoms with E-state index in [1.54, 1.807) is 0 Å². The van der Waals surface area contributed by atoms with Crippen LogP contribution < -0.4 is 0 Å². The van der Waals surface area contributed by atoms with Crippen LogP contribution in [0.1, 0.15) is 31.9 Å². The van der Waals surface area contributed by atoms with Gasteiger partial charge in [-0.2, -0.15) is 13.5 Å². The highest BCUT2D eigenvalue weighted by atomic mass is 32.1. The van der Waals surface area contributed by atoms with Crippen LogP contribution in [0.3, 0.4) is 0 Å². The molecule has 68 valence electrons. The van der Waals surface area contributed by atoms with Gasteiger partial charge in [-0.1, -0.05) is 45.0 Å². The van der Waals surface area contributed by atoms with Gasteiger partial charge in [0.25, 0.3) is 0 Å². The number of hydrogen-bond acceptors (Lipinski definition) is 0. The predicted octanol–water partition coefficient (Wildman–Crippen LogP) is 3.41. The largest absolute Gasteiger partial charge is 0.197 e. The van der Waals surface area contributed by atoms with Crippen molar-refractivity contribution in [2.24, 2.45) is 0 Å². The molecule has 0 fully saturated rings. The molecule has 0 unspecified atom stereocenters. The molecule has 1 aromatic carbocycles. The fourth-order valence-corrected chi connectivity index (χ4v) is 1.41. The Hall–Kier alpha value is -0.430. The van der Waals surface area contributed by atoms with Crippen LogP contribution in [0, 0.1) is 6.92 Å². The second-order valence-electron chi connectivity index (χ2n) is 4.06. The zero-order valence-electron chi connectivity index (χ0n) is 8.31. The molecule has 0 heterocycles. The van der Waals surface area contributed by atoms with E-state index in [4.69, 9.17) is 0 Å². The number of hydrogen-bond donors (Lipinski definition) is 0. The Kier molecular flexibility index (Phi) is 3.85. The standard InChI is InChI=1S/C11H16.H2S/c1-9-7-5-6-8-10(9)11(2,3)4;/h5-8H,1-4H3;1H2. The molecule has 0 saturated heterocycles. The minimum Gasteiger partial charge on any atom is -0.197 e. The van der Waals surface area contributed by atoms with Crippen molar-refractivity contribution in [2.45, 2.75) is 33.1 Å². The number of rotatable bonds is 0. The van der Waals surface area contributed by atoms with Crippen molar-refractivity contribution in [1.29, 1.82) is 0 Å². The van der Waals surface area contributed by atoms with Crippen molar-refractivity contribution < 1.29 is 0 Å². The van der Waals surface area contributed by atoms with E-state index in [2.05, 4.69) is 52.0 Å². The summed E-state index contributed by atoms with van der Waals surface area (Å²) in [5, 5.41) is 0. The lowest BCUT2D eigenvalue weighted by Gasteiger charge is -2.21. The van der Waals surface area contributed by atoms with E-state index in [1.165, 1.54) is 11.1 Å². The number of aryl methyl sites for hydroxylation is 1. The highest BCUT2D eigenvalue weighted by Gasteiger charge is 2.14. The summed E-state index contributed by atoms with van der Waals surface area (Å²) < 4.78 is 0. The van der Waals surface area contributed by atoms with E-state index in [1.807, 2.05) is 0 Å². The van der Waals surface area contributed by atoms with Crippen LogP contribution in [-0.2, 0) is 5.41 Å². The molecule has 12 heavy (non-hydrogen) atoms. The summed E-state index contributed by atoms with van der Waals surface area (Å²) >= 11 is 0. The van der Waals surface area contributed by atoms with Gasteiger partial charge in [-0.3, -0.25) is 0 Å². The van der Waals surface area contributed by atoms with Crippen molar-refractivity contribution in [3.63, 3.8) is 0 Å². The fraction of sp³-hybridized carbons (Fsp3) is 0.455. The predicted molar refractivity (Wildman–Crippen MR) is 60.3 cm³/mol. The summed E-state index contributed by atoms with van der Waals surface area (Å²) in [6.45, 7) is 8.90. The molecule has 0 N–H and O–H groups in total. The Balaban J connectivity index is 0.00000121. The van der Waals surface area contributed by atoms with Crippen LogP contribution >= 0.6 is 13.5 Å². The SMILES string of the molecule is Cc1ccccc1C(C)(C)C.S. The first-order valence-corrected chi connectivity index (χ1v) is 4.08. The Morgan fingerprint density at radius 2 is 1.50 bits per heavy atom. The van der Waals surface area contributed by atoms with Crippen LogP contribution in [0.25, 0.3) is 0 Å². The molecule has 1 heteroatoms. The van der Waals surface area contributed by atoms with E-state index < -0.39 is 0 Å². The average Bonchev–Trinajstić information content (AvgIpc) is 1.86. The summed E-state index contributed by atoms with van der Waals surface area (Å²) in [4.78, 5) is 0. The smallest absolute Gasteiger partial charge is 0.0129 e. The summed E-state index contributed by atoms with van der Waals surface area (Å²) in [7, 11) is 0. The molecule has 0 radical (unpaired) electrons. The molecule has 0 aliphatic carbocycles. The van der Waals surface area contributed by atoms with Gasteiger partial charge in [0.1, 0.15) is 0 Å². The molecule has 0 amide bonds. The lowest BCUT2D eigenvalue weighted by Crippen LogP contribution is -2.12. The van der Waals surface area contributed by atoms with Gasteiger partial charge < -0.3 is 0 Å². The van der Waals surface area contributed by atoms with Gasteiger partial charge in [-0.05, 0) is 23.5 Å². The molecule has 1 aromatic rings. The van der Waals surface area contributed by atoms with Gasteiger partial charge in [0.05, 0.1) is 0 Å². The van der Waals surface area contributed by atoms with Crippen LogP contribution in [0.15, 0.2) is 24.3 Å². The minimum absolute atomic E-state index is 0. The second-order valence-corrected chi connectivity index (χ2v) is 4.06. The van der Waals surface area contributed by atoms with Crippen molar-refractivity contribution in [2.75, 3.05) is 0 Å². The van der Waals surface area contributed by atoms with Crippen molar-refractivity contribution in [3.8, 4) is 0 Å². The van der Waals surface area contributed by atoms with E-state index in [-0.39, 0.29) is 18.9 Å². The quantitative estimate of drug-likeness (QED) is 0.577. The topological polar surface area (TPSA) is 0 Å². The monoisotopic (exact) mass is 182 g/mol. The average molecular weight is 182 g/mol. The van der Waals surface area contributed by atoms with Crippen LogP contribution in [0.2, 0.25) is 0 Å². The molecular weight excluding hydrogens is 164 g/mol. The maximum atomic E-state index is 2.25. The third kappa shape index (κ3) is 2.56. The minimum atomic E-state index is 0. The highest BCUT2D eigenvalue weighted by molar-refractivity contribution is 7.59. The van der Waals surface area contributed by atoms with E-state index in [0.29, 0.717) is 0 Å². The fourth-order valence-electron chi connectivity index (χ4n) is 1.41. The first-order chi connectivity index (χ1) is 5.02. The molecule has 0 nitrogen and oxygen atoms in total. The Morgan fingerprint density at radius 1 is 1.00 bits per heavy atom. The van der Waals surface area contributed by atoms with Gasteiger partial charge in [0, 0.05) is 0 Å². The maximum absolute atomic E-state index is 2.25. The lowest BCUT2D eigenvalue weighted by atomic mass is 9.84. The maximum Gasteiger partial charge on any atom is -0.0129 e. The normalized spacial score (nSPS) is 10.7. The summed E-state index contributed by atoms with van der Waals surface area (Å²) in [6.07, 6.45) is 0. The van der Waals surface area contributed by atoms with E-state index in [9.17, 15) is 0 Å². The zero-order chi connectivity index (χ0) is 8.48. The molecule has 0 bridgehead atoms. The third-order valence-electron chi connectivity index (χ3n) is 1.95. The molecule has 0 aliphatic rings. The molecular formula is C11H18S. The zero-order valence-corrected chi connectivity index (χ0v) is 9.31. The summed E-state index contributed by atoms with van der Waals surface area (Å²) in [5.41, 5.74) is 3.12. The third-order valence-corrected chi connectivity index (χ3v) is 1.95. The van der Waals surface area contributed by atoms with Gasteiger partial charge in [-0.15, -0.1) is 0 Å². The van der Waals surface area contributed by atoms with Gasteiger partial charge in [-0.25, -0.2) is 0 Å². The van der Waals surface area contributed by atoms with Crippen molar-refractivity contribution in [3.05, 3.63) is 35.4 Å². The molecule has 1 rings (SSSR count). The van der Waals surface area contributed by atoms with Crippen LogP contribution in [0.4, 0.5) is 0 Å². The Bertz CT molecular complexity index is 245. The molecule has 0 aliphatic heterocycles. The Labute approximate surface area is 82.4 Å². The number of benzene rings is 1. The summed E-state index contributed by atoms with van der Waals surface area (Å²) in [5.74, 6) is 0. The van der Waals surface area contributed by atoms with Crippen LogP contribution in [-0.4, -0.2) is 0 Å². The first-order valence-electron chi connectivity index (χ1n) is 4.08. The highest BCUT2D eigenvalue weighted by Crippen LogP contribution is 2.24. The van der Waals surface area contributed by atoms with Crippen molar-refractivity contribution >= 4 is 13.5 Å². The summed E-state index contributed by atoms with van der Waals surface area (Å²) in [6, 6.07) is 8.56. The molecule has 0 atom stereocenters. The van der Waals surface area contributed by atoms with Gasteiger partial charge in [0.2, 0.25) is 0 Å². The first kappa shape index (κ1) is 11.6. The van der Waals surface area contributed by atoms with E-state index >= 15 is 0 Å². The molecule has 0 spiro atoms. The molecule has 0 saturated carbocycles. The second kappa shape index (κ2) is 3.99. The lowest BCUT2D eigenvalue weighted by molar-refractivity contribution is 0.586.